The van der Waals surface area contributed by atoms with E-state index < -0.39 is 10.9 Å². The van der Waals surface area contributed by atoms with Crippen molar-refractivity contribution in [3.05, 3.63) is 39.4 Å². The maximum atomic E-state index is 10.5. The number of rotatable bonds is 3. The van der Waals surface area contributed by atoms with Gasteiger partial charge in [-0.3, -0.25) is 10.1 Å². The summed E-state index contributed by atoms with van der Waals surface area (Å²) >= 11 is 3.91. The zero-order chi connectivity index (χ0) is 10.7. The molecule has 0 heterocycles. The molecular formula is C8H7NO4S. The number of nitrogens with zero attached hydrogens (tertiary/aromatic N) is 1. The maximum absolute atomic E-state index is 10.5. The minimum atomic E-state index is -1.18. The van der Waals surface area contributed by atoms with E-state index in [4.69, 9.17) is 5.11 Å². The molecule has 5 nitrogen and oxygen atoms in total. The van der Waals surface area contributed by atoms with Gasteiger partial charge in [-0.1, -0.05) is 6.07 Å². The molecule has 0 spiro atoms. The normalized spacial score (nSPS) is 9.79. The third kappa shape index (κ3) is 2.02. The standard InChI is InChI=1S/C8H7NO4S/c10-8(11)5-1-2-6(4-14)7(3-5)9(12)13/h1-3,14H,4H2,(H,10,11). The fourth-order valence-electron chi connectivity index (χ4n) is 1.00. The largest absolute Gasteiger partial charge is 0.478 e. The van der Waals surface area contributed by atoms with Crippen LogP contribution in [0.5, 0.6) is 0 Å². The van der Waals surface area contributed by atoms with Crippen LogP contribution < -0.4 is 0 Å². The minimum Gasteiger partial charge on any atom is -0.478 e. The van der Waals surface area contributed by atoms with Crippen LogP contribution in [0.15, 0.2) is 18.2 Å². The Bertz CT molecular complexity index is 391. The molecule has 1 N–H and O–H groups in total. The smallest absolute Gasteiger partial charge is 0.335 e. The Labute approximate surface area is 84.9 Å². The van der Waals surface area contributed by atoms with Gasteiger partial charge in [0, 0.05) is 17.4 Å². The third-order valence-electron chi connectivity index (χ3n) is 1.70. The van der Waals surface area contributed by atoms with E-state index in [-0.39, 0.29) is 17.0 Å². The van der Waals surface area contributed by atoms with Crippen LogP contribution in [-0.2, 0) is 5.75 Å². The number of carbonyl (C=O) groups is 1. The highest BCUT2D eigenvalue weighted by Crippen LogP contribution is 2.21. The van der Waals surface area contributed by atoms with Crippen LogP contribution in [-0.4, -0.2) is 16.0 Å². The van der Waals surface area contributed by atoms with E-state index in [1.54, 1.807) is 0 Å². The fraction of sp³-hybridized carbons (Fsp3) is 0.125. The lowest BCUT2D eigenvalue weighted by Crippen LogP contribution is -2.00. The summed E-state index contributed by atoms with van der Waals surface area (Å²) in [7, 11) is 0. The molecular weight excluding hydrogens is 206 g/mol. The highest BCUT2D eigenvalue weighted by Gasteiger charge is 2.15. The van der Waals surface area contributed by atoms with Gasteiger partial charge in [-0.15, -0.1) is 0 Å². The maximum Gasteiger partial charge on any atom is 0.335 e. The molecule has 0 bridgehead atoms. The second-order valence-corrected chi connectivity index (χ2v) is 2.88. The van der Waals surface area contributed by atoms with Crippen LogP contribution in [0.2, 0.25) is 0 Å². The van der Waals surface area contributed by atoms with Crippen molar-refractivity contribution in [1.82, 2.24) is 0 Å². The average molecular weight is 213 g/mol. The summed E-state index contributed by atoms with van der Waals surface area (Å²) in [6, 6.07) is 3.75. The van der Waals surface area contributed by atoms with Gasteiger partial charge < -0.3 is 5.11 Å². The predicted molar refractivity (Wildman–Crippen MR) is 52.7 cm³/mol. The first-order valence-corrected chi connectivity index (χ1v) is 4.31. The van der Waals surface area contributed by atoms with Gasteiger partial charge >= 0.3 is 5.97 Å². The van der Waals surface area contributed by atoms with Crippen molar-refractivity contribution in [2.45, 2.75) is 5.75 Å². The monoisotopic (exact) mass is 213 g/mol. The summed E-state index contributed by atoms with van der Waals surface area (Å²) in [4.78, 5) is 20.5. The van der Waals surface area contributed by atoms with E-state index in [0.29, 0.717) is 5.56 Å². The molecule has 0 saturated carbocycles. The Balaban J connectivity index is 3.27. The van der Waals surface area contributed by atoms with E-state index in [1.807, 2.05) is 0 Å². The topological polar surface area (TPSA) is 80.4 Å². The predicted octanol–water partition coefficient (Wildman–Crippen LogP) is 1.72. The summed E-state index contributed by atoms with van der Waals surface area (Å²) in [6.45, 7) is 0. The molecule has 0 unspecified atom stereocenters. The van der Waals surface area contributed by atoms with Crippen molar-refractivity contribution in [3.8, 4) is 0 Å². The van der Waals surface area contributed by atoms with Crippen LogP contribution in [0, 0.1) is 10.1 Å². The van der Waals surface area contributed by atoms with Crippen molar-refractivity contribution in [1.29, 1.82) is 0 Å². The van der Waals surface area contributed by atoms with Crippen molar-refractivity contribution < 1.29 is 14.8 Å². The number of hydrogen-bond acceptors (Lipinski definition) is 4. The molecule has 0 aliphatic rings. The number of nitro groups is 1. The van der Waals surface area contributed by atoms with E-state index in [1.165, 1.54) is 12.1 Å². The number of carboxylic acid groups (broad SMARTS) is 1. The number of nitro benzene ring substituents is 1. The van der Waals surface area contributed by atoms with Crippen LogP contribution >= 0.6 is 12.6 Å². The molecule has 0 aliphatic carbocycles. The van der Waals surface area contributed by atoms with Crippen LogP contribution in [0.3, 0.4) is 0 Å². The molecule has 0 aromatic heterocycles. The summed E-state index contributed by atoms with van der Waals surface area (Å²) in [5.74, 6) is -0.977. The number of benzene rings is 1. The van der Waals surface area contributed by atoms with E-state index in [9.17, 15) is 14.9 Å². The summed E-state index contributed by atoms with van der Waals surface area (Å²) in [5.41, 5.74) is 0.102. The SMILES string of the molecule is O=C(O)c1ccc(CS)c([N+](=O)[O-])c1. The highest BCUT2D eigenvalue weighted by atomic mass is 32.1. The Kier molecular flexibility index (Phi) is 3.08. The van der Waals surface area contributed by atoms with Crippen molar-refractivity contribution in [2.24, 2.45) is 0 Å². The number of carboxylic acids is 1. The quantitative estimate of drug-likeness (QED) is 0.455. The molecule has 0 radical (unpaired) electrons. The van der Waals surface area contributed by atoms with E-state index >= 15 is 0 Å². The lowest BCUT2D eigenvalue weighted by Gasteiger charge is -2.00. The molecule has 0 amide bonds. The summed E-state index contributed by atoms with van der Waals surface area (Å²) < 4.78 is 0. The Morgan fingerprint density at radius 1 is 1.57 bits per heavy atom. The van der Waals surface area contributed by atoms with Gasteiger partial charge in [0.25, 0.3) is 5.69 Å². The van der Waals surface area contributed by atoms with Gasteiger partial charge in [0.15, 0.2) is 0 Å². The Hall–Kier alpha value is -1.56. The number of aromatic carboxylic acids is 1. The molecule has 1 aromatic rings. The first-order valence-electron chi connectivity index (χ1n) is 3.67. The zero-order valence-electron chi connectivity index (χ0n) is 7.01. The van der Waals surface area contributed by atoms with Crippen molar-refractivity contribution in [3.63, 3.8) is 0 Å². The Morgan fingerprint density at radius 2 is 2.21 bits per heavy atom. The van der Waals surface area contributed by atoms with Gasteiger partial charge in [0.05, 0.1) is 10.5 Å². The van der Waals surface area contributed by atoms with E-state index in [0.717, 1.165) is 6.07 Å². The molecule has 6 heteroatoms. The molecule has 74 valence electrons. The van der Waals surface area contributed by atoms with Gasteiger partial charge in [-0.05, 0) is 6.07 Å². The summed E-state index contributed by atoms with van der Waals surface area (Å²) in [6.07, 6.45) is 0. The van der Waals surface area contributed by atoms with Crippen LogP contribution in [0.4, 0.5) is 5.69 Å². The first-order chi connectivity index (χ1) is 6.56. The zero-order valence-corrected chi connectivity index (χ0v) is 7.90. The molecule has 14 heavy (non-hydrogen) atoms. The number of hydrogen-bond donors (Lipinski definition) is 2. The van der Waals surface area contributed by atoms with Gasteiger partial charge in [-0.2, -0.15) is 12.6 Å². The third-order valence-corrected chi connectivity index (χ3v) is 2.04. The minimum absolute atomic E-state index is 0.0952. The lowest BCUT2D eigenvalue weighted by atomic mass is 10.1. The second kappa shape index (κ2) is 4.10. The van der Waals surface area contributed by atoms with Gasteiger partial charge in [-0.25, -0.2) is 4.79 Å². The molecule has 0 aliphatic heterocycles. The van der Waals surface area contributed by atoms with Gasteiger partial charge in [0.1, 0.15) is 0 Å². The number of thiol groups is 1. The first kappa shape index (κ1) is 10.5. The highest BCUT2D eigenvalue weighted by molar-refractivity contribution is 7.79. The summed E-state index contributed by atoms with van der Waals surface area (Å²) in [5, 5.41) is 19.1. The molecule has 0 atom stereocenters. The van der Waals surface area contributed by atoms with Crippen molar-refractivity contribution in [2.75, 3.05) is 0 Å². The Morgan fingerprint density at radius 3 is 2.64 bits per heavy atom. The van der Waals surface area contributed by atoms with E-state index in [2.05, 4.69) is 12.6 Å². The van der Waals surface area contributed by atoms with Crippen LogP contribution in [0.25, 0.3) is 0 Å². The van der Waals surface area contributed by atoms with Crippen molar-refractivity contribution >= 4 is 24.3 Å². The second-order valence-electron chi connectivity index (χ2n) is 2.56. The van der Waals surface area contributed by atoms with Gasteiger partial charge in [0.2, 0.25) is 0 Å². The molecule has 0 saturated heterocycles. The lowest BCUT2D eigenvalue weighted by molar-refractivity contribution is -0.385. The molecule has 0 fully saturated rings. The molecule has 1 rings (SSSR count). The van der Waals surface area contributed by atoms with Crippen LogP contribution in [0.1, 0.15) is 15.9 Å². The fourth-order valence-corrected chi connectivity index (χ4v) is 1.27. The molecule has 1 aromatic carbocycles. The average Bonchev–Trinajstić information content (AvgIpc) is 2.16.